The van der Waals surface area contributed by atoms with E-state index in [1.54, 1.807) is 24.3 Å². The Labute approximate surface area is 169 Å². The highest BCUT2D eigenvalue weighted by atomic mass is 31.2. The number of ether oxygens (including phenoxy) is 1. The minimum absolute atomic E-state index is 0.100. The first-order valence-corrected chi connectivity index (χ1v) is 10.4. The zero-order chi connectivity index (χ0) is 21.9. The molecule has 29 heavy (non-hydrogen) atoms. The van der Waals surface area contributed by atoms with E-state index in [4.69, 9.17) is 19.6 Å². The van der Waals surface area contributed by atoms with Gasteiger partial charge in [-0.15, -0.1) is 0 Å². The van der Waals surface area contributed by atoms with E-state index in [-0.39, 0.29) is 13.0 Å². The zero-order valence-corrected chi connectivity index (χ0v) is 16.8. The number of allylic oxidation sites excluding steroid dienone is 4. The van der Waals surface area contributed by atoms with E-state index in [9.17, 15) is 19.6 Å². The van der Waals surface area contributed by atoms with Crippen LogP contribution in [0.25, 0.3) is 0 Å². The molecule has 9 nitrogen and oxygen atoms in total. The van der Waals surface area contributed by atoms with Crippen molar-refractivity contribution in [3.63, 3.8) is 0 Å². The first-order valence-electron chi connectivity index (χ1n) is 8.85. The van der Waals surface area contributed by atoms with Crippen LogP contribution in [0.3, 0.4) is 0 Å². The van der Waals surface area contributed by atoms with Gasteiger partial charge in [-0.1, -0.05) is 48.6 Å². The zero-order valence-electron chi connectivity index (χ0n) is 15.9. The predicted molar refractivity (Wildman–Crippen MR) is 105 cm³/mol. The van der Waals surface area contributed by atoms with Gasteiger partial charge in [0.15, 0.2) is 0 Å². The lowest BCUT2D eigenvalue weighted by molar-refractivity contribution is -0.141. The van der Waals surface area contributed by atoms with Gasteiger partial charge in [-0.05, 0) is 13.0 Å². The summed E-state index contributed by atoms with van der Waals surface area (Å²) in [4.78, 5) is 29.6. The number of cyclic esters (lactones) is 1. The lowest BCUT2D eigenvalue weighted by atomic mass is 9.93. The van der Waals surface area contributed by atoms with Crippen molar-refractivity contribution in [2.45, 2.75) is 43.7 Å². The molecule has 162 valence electrons. The Morgan fingerprint density at radius 3 is 2.66 bits per heavy atom. The number of rotatable bonds is 11. The van der Waals surface area contributed by atoms with Crippen molar-refractivity contribution in [3.8, 4) is 0 Å². The summed E-state index contributed by atoms with van der Waals surface area (Å²) in [5.74, 6) is -0.531. The first-order chi connectivity index (χ1) is 13.5. The van der Waals surface area contributed by atoms with Gasteiger partial charge in [-0.2, -0.15) is 0 Å². The second kappa shape index (κ2) is 12.0. The van der Waals surface area contributed by atoms with Gasteiger partial charge in [0.25, 0.3) is 0 Å². The highest BCUT2D eigenvalue weighted by Gasteiger charge is 2.37. The number of phosphoric ester groups is 1. The van der Waals surface area contributed by atoms with Crippen molar-refractivity contribution >= 4 is 13.8 Å². The van der Waals surface area contributed by atoms with Gasteiger partial charge < -0.3 is 29.8 Å². The first kappa shape index (κ1) is 25.2. The molecular weight excluding hydrogens is 403 g/mol. The van der Waals surface area contributed by atoms with E-state index in [0.717, 1.165) is 0 Å². The van der Waals surface area contributed by atoms with Gasteiger partial charge in [0.2, 0.25) is 0 Å². The number of esters is 1. The summed E-state index contributed by atoms with van der Waals surface area (Å²) in [7, 11) is -4.96. The molecule has 0 spiro atoms. The molecule has 0 amide bonds. The highest BCUT2D eigenvalue weighted by Crippen LogP contribution is 2.41. The summed E-state index contributed by atoms with van der Waals surface area (Å²) in [6.45, 7) is 1.16. The third-order valence-electron chi connectivity index (χ3n) is 3.82. The molecule has 0 radical (unpaired) electrons. The van der Waals surface area contributed by atoms with Crippen LogP contribution >= 0.6 is 7.82 Å². The van der Waals surface area contributed by atoms with Crippen LogP contribution in [0, 0.1) is 0 Å². The van der Waals surface area contributed by atoms with Crippen LogP contribution in [0.2, 0.25) is 0 Å². The highest BCUT2D eigenvalue weighted by molar-refractivity contribution is 7.46. The van der Waals surface area contributed by atoms with Crippen molar-refractivity contribution < 1.29 is 43.7 Å². The van der Waals surface area contributed by atoms with Crippen LogP contribution in [0.1, 0.15) is 19.8 Å². The number of carbonyl (C=O) groups is 1. The second-order valence-electron chi connectivity index (χ2n) is 6.47. The third-order valence-corrected chi connectivity index (χ3v) is 4.35. The van der Waals surface area contributed by atoms with E-state index >= 15 is 0 Å². The molecule has 0 aliphatic carbocycles. The Morgan fingerprint density at radius 1 is 1.34 bits per heavy atom. The molecular formula is C19H27O9P. The fourth-order valence-corrected chi connectivity index (χ4v) is 3.01. The number of hydrogen-bond donors (Lipinski definition) is 5. The lowest BCUT2D eigenvalue weighted by Crippen LogP contribution is -2.41. The third kappa shape index (κ3) is 11.1. The van der Waals surface area contributed by atoms with Crippen molar-refractivity contribution in [1.82, 2.24) is 0 Å². The van der Waals surface area contributed by atoms with Gasteiger partial charge in [0.1, 0.15) is 17.8 Å². The molecule has 10 heteroatoms. The Kier molecular flexibility index (Phi) is 10.4. The van der Waals surface area contributed by atoms with Crippen LogP contribution in [-0.4, -0.2) is 61.6 Å². The second-order valence-corrected chi connectivity index (χ2v) is 7.66. The molecule has 0 aromatic rings. The van der Waals surface area contributed by atoms with Gasteiger partial charge >= 0.3 is 13.8 Å². The van der Waals surface area contributed by atoms with E-state index in [1.807, 2.05) is 0 Å². The number of phosphoric acid groups is 1. The van der Waals surface area contributed by atoms with Crippen molar-refractivity contribution in [3.05, 3.63) is 60.8 Å². The molecule has 0 saturated carbocycles. The number of aliphatic hydroxyl groups excluding tert-OH is 2. The van der Waals surface area contributed by atoms with Crippen molar-refractivity contribution in [1.29, 1.82) is 0 Å². The molecule has 0 bridgehead atoms. The maximum Gasteiger partial charge on any atom is 0.469 e. The summed E-state index contributed by atoms with van der Waals surface area (Å²) in [6.07, 6.45) is 11.5. The maximum atomic E-state index is 11.3. The van der Waals surface area contributed by atoms with Gasteiger partial charge in [-0.25, -0.2) is 9.36 Å². The molecule has 0 aromatic carbocycles. The van der Waals surface area contributed by atoms with Gasteiger partial charge in [-0.3, -0.25) is 4.52 Å². The standard InChI is InChI=1S/C19H27O9P/c1-19(23,12-11-16-9-7-10-18(22)27-16)17(28-29(24,25)26)14-15(21)8-5-3-2-4-6-13-20/h2-8,10-12,15-17,20-21,23H,9,13-14H2,1H3,(H2,24,25,26)/b3-2-,6-4+,8-5-,12-11+/t15-,16+,17+,19+/m0/s1. The molecule has 1 heterocycles. The normalized spacial score (nSPS) is 22.6. The average molecular weight is 430 g/mol. The topological polar surface area (TPSA) is 154 Å². The monoisotopic (exact) mass is 430 g/mol. The molecule has 1 aliphatic rings. The van der Waals surface area contributed by atoms with Crippen LogP contribution in [-0.2, 0) is 18.6 Å². The molecule has 1 rings (SSSR count). The van der Waals surface area contributed by atoms with Crippen molar-refractivity contribution in [2.24, 2.45) is 0 Å². The summed E-state index contributed by atoms with van der Waals surface area (Å²) in [5, 5.41) is 29.4. The fourth-order valence-electron chi connectivity index (χ4n) is 2.37. The van der Waals surface area contributed by atoms with Crippen LogP contribution < -0.4 is 0 Å². The Morgan fingerprint density at radius 2 is 2.03 bits per heavy atom. The van der Waals surface area contributed by atoms with Crippen LogP contribution in [0.5, 0.6) is 0 Å². The number of hydrogen-bond acceptors (Lipinski definition) is 7. The SMILES string of the molecule is C[C@@](O)(/C=C/[C@H]1CC=CC(=O)O1)[C@@H](C[C@@H](O)\C=C/C=C\C=C\CO)OP(=O)(O)O. The summed E-state index contributed by atoms with van der Waals surface area (Å²) < 4.78 is 21.0. The minimum atomic E-state index is -4.96. The van der Waals surface area contributed by atoms with E-state index < -0.39 is 37.7 Å². The Bertz CT molecular complexity index is 715. The van der Waals surface area contributed by atoms with Crippen molar-refractivity contribution in [2.75, 3.05) is 6.61 Å². The predicted octanol–water partition coefficient (Wildman–Crippen LogP) is 1.06. The summed E-state index contributed by atoms with van der Waals surface area (Å²) in [5.41, 5.74) is -1.87. The number of aliphatic hydroxyl groups is 3. The maximum absolute atomic E-state index is 11.3. The van der Waals surface area contributed by atoms with Crippen LogP contribution in [0.4, 0.5) is 0 Å². The summed E-state index contributed by atoms with van der Waals surface area (Å²) >= 11 is 0. The van der Waals surface area contributed by atoms with E-state index in [0.29, 0.717) is 6.42 Å². The van der Waals surface area contributed by atoms with Gasteiger partial charge in [0, 0.05) is 18.9 Å². The van der Waals surface area contributed by atoms with E-state index in [1.165, 1.54) is 43.4 Å². The molecule has 0 unspecified atom stereocenters. The molecule has 0 saturated heterocycles. The molecule has 1 aliphatic heterocycles. The molecule has 0 aromatic heterocycles. The minimum Gasteiger partial charge on any atom is -0.455 e. The smallest absolute Gasteiger partial charge is 0.455 e. The van der Waals surface area contributed by atoms with E-state index in [2.05, 4.69) is 4.52 Å². The van der Waals surface area contributed by atoms with Gasteiger partial charge in [0.05, 0.1) is 12.7 Å². The fraction of sp³-hybridized carbons (Fsp3) is 0.421. The number of carbonyl (C=O) groups excluding carboxylic acids is 1. The lowest BCUT2D eigenvalue weighted by Gasteiger charge is -2.31. The quantitative estimate of drug-likeness (QED) is 0.140. The Balaban J connectivity index is 2.84. The Hall–Kier alpha value is -1.84. The average Bonchev–Trinajstić information content (AvgIpc) is 2.61. The van der Waals surface area contributed by atoms with Crippen LogP contribution in [0.15, 0.2) is 60.8 Å². The molecule has 4 atom stereocenters. The summed E-state index contributed by atoms with van der Waals surface area (Å²) in [6, 6.07) is 0. The molecule has 5 N–H and O–H groups in total. The largest absolute Gasteiger partial charge is 0.469 e. The molecule has 0 fully saturated rings.